The molecule has 3 amide bonds. The molecule has 1 N–H and O–H groups in total. The lowest BCUT2D eigenvalue weighted by Gasteiger charge is -2.34. The Morgan fingerprint density at radius 3 is 2.58 bits per heavy atom. The number of rotatable bonds is 5. The van der Waals surface area contributed by atoms with E-state index in [2.05, 4.69) is 10.2 Å². The zero-order chi connectivity index (χ0) is 17.7. The van der Waals surface area contributed by atoms with Crippen molar-refractivity contribution in [3.05, 3.63) is 17.5 Å². The number of urea groups is 1. The van der Waals surface area contributed by atoms with E-state index in [1.807, 2.05) is 6.07 Å². The normalized spacial score (nSPS) is 15.4. The highest BCUT2D eigenvalue weighted by Crippen LogP contribution is 2.20. The SMILES string of the molecule is COCc1cc(CN(C)C(=O)C2CCN(C(=O)N(C)C)CC2)[nH]n1. The summed E-state index contributed by atoms with van der Waals surface area (Å²) in [5.74, 6) is 0.0948. The van der Waals surface area contributed by atoms with E-state index in [0.717, 1.165) is 11.4 Å². The molecule has 2 rings (SSSR count). The molecule has 0 aliphatic carbocycles. The molecular weight excluding hydrogens is 310 g/mol. The summed E-state index contributed by atoms with van der Waals surface area (Å²) < 4.78 is 5.04. The molecule has 1 saturated heterocycles. The van der Waals surface area contributed by atoms with Crippen molar-refractivity contribution in [1.29, 1.82) is 0 Å². The highest BCUT2D eigenvalue weighted by Gasteiger charge is 2.29. The van der Waals surface area contributed by atoms with Crippen molar-refractivity contribution in [1.82, 2.24) is 24.9 Å². The Morgan fingerprint density at radius 1 is 1.33 bits per heavy atom. The molecule has 0 aromatic carbocycles. The molecule has 0 bridgehead atoms. The van der Waals surface area contributed by atoms with Gasteiger partial charge in [-0.25, -0.2) is 4.79 Å². The summed E-state index contributed by atoms with van der Waals surface area (Å²) in [5.41, 5.74) is 1.71. The first-order chi connectivity index (χ1) is 11.4. The number of piperidine rings is 1. The fourth-order valence-corrected chi connectivity index (χ4v) is 2.96. The van der Waals surface area contributed by atoms with Crippen molar-refractivity contribution < 1.29 is 14.3 Å². The van der Waals surface area contributed by atoms with E-state index >= 15 is 0 Å². The predicted octanol–water partition coefficient (Wildman–Crippen LogP) is 0.908. The van der Waals surface area contributed by atoms with Gasteiger partial charge in [-0.3, -0.25) is 9.89 Å². The zero-order valence-electron chi connectivity index (χ0n) is 14.9. The van der Waals surface area contributed by atoms with Gasteiger partial charge in [-0.05, 0) is 18.9 Å². The third-order valence-corrected chi connectivity index (χ3v) is 4.26. The average molecular weight is 337 g/mol. The molecule has 1 fully saturated rings. The topological polar surface area (TPSA) is 81.8 Å². The molecule has 8 nitrogen and oxygen atoms in total. The van der Waals surface area contributed by atoms with E-state index in [9.17, 15) is 9.59 Å². The third kappa shape index (κ3) is 4.47. The largest absolute Gasteiger partial charge is 0.378 e. The van der Waals surface area contributed by atoms with Crippen LogP contribution in [0.4, 0.5) is 4.79 Å². The molecule has 0 unspecified atom stereocenters. The molecule has 0 radical (unpaired) electrons. The fourth-order valence-electron chi connectivity index (χ4n) is 2.96. The van der Waals surface area contributed by atoms with Crippen LogP contribution in [-0.4, -0.2) is 78.2 Å². The first kappa shape index (κ1) is 18.3. The van der Waals surface area contributed by atoms with Crippen molar-refractivity contribution >= 4 is 11.9 Å². The monoisotopic (exact) mass is 337 g/mol. The van der Waals surface area contributed by atoms with Gasteiger partial charge in [0.15, 0.2) is 0 Å². The lowest BCUT2D eigenvalue weighted by Crippen LogP contribution is -2.46. The molecule has 0 atom stereocenters. The summed E-state index contributed by atoms with van der Waals surface area (Å²) in [6, 6.07) is 1.92. The number of aromatic amines is 1. The maximum absolute atomic E-state index is 12.6. The van der Waals surface area contributed by atoms with Crippen LogP contribution in [0.25, 0.3) is 0 Å². The van der Waals surface area contributed by atoms with Gasteiger partial charge in [0.05, 0.1) is 24.5 Å². The smallest absolute Gasteiger partial charge is 0.319 e. The van der Waals surface area contributed by atoms with E-state index in [-0.39, 0.29) is 17.9 Å². The number of hydrogen-bond acceptors (Lipinski definition) is 4. The number of aromatic nitrogens is 2. The number of methoxy groups -OCH3 is 1. The van der Waals surface area contributed by atoms with Crippen molar-refractivity contribution in [3.8, 4) is 0 Å². The number of nitrogens with zero attached hydrogens (tertiary/aromatic N) is 4. The first-order valence-corrected chi connectivity index (χ1v) is 8.15. The van der Waals surface area contributed by atoms with Crippen LogP contribution < -0.4 is 0 Å². The highest BCUT2D eigenvalue weighted by atomic mass is 16.5. The number of carbonyl (C=O) groups is 2. The van der Waals surface area contributed by atoms with Gasteiger partial charge in [-0.1, -0.05) is 0 Å². The number of H-pyrrole nitrogens is 1. The fraction of sp³-hybridized carbons (Fsp3) is 0.688. The van der Waals surface area contributed by atoms with Crippen LogP contribution in [0.5, 0.6) is 0 Å². The Bertz CT molecular complexity index is 564. The molecule has 1 aromatic heterocycles. The second-order valence-corrected chi connectivity index (χ2v) is 6.45. The van der Waals surface area contributed by atoms with Crippen LogP contribution in [0.15, 0.2) is 6.07 Å². The molecule has 0 spiro atoms. The van der Waals surface area contributed by atoms with Crippen LogP contribution >= 0.6 is 0 Å². The van der Waals surface area contributed by atoms with Crippen molar-refractivity contribution in [2.45, 2.75) is 26.0 Å². The summed E-state index contributed by atoms with van der Waals surface area (Å²) in [6.07, 6.45) is 1.42. The number of amides is 3. The van der Waals surface area contributed by atoms with E-state index in [1.165, 1.54) is 0 Å². The number of hydrogen-bond donors (Lipinski definition) is 1. The van der Waals surface area contributed by atoms with Crippen LogP contribution in [0.2, 0.25) is 0 Å². The Hall–Kier alpha value is -2.09. The van der Waals surface area contributed by atoms with Gasteiger partial charge in [0, 0.05) is 47.3 Å². The lowest BCUT2D eigenvalue weighted by atomic mass is 9.95. The van der Waals surface area contributed by atoms with Gasteiger partial charge in [0.1, 0.15) is 0 Å². The Labute approximate surface area is 142 Å². The molecule has 1 aliphatic heterocycles. The summed E-state index contributed by atoms with van der Waals surface area (Å²) in [5, 5.41) is 7.07. The predicted molar refractivity (Wildman–Crippen MR) is 89.2 cm³/mol. The van der Waals surface area contributed by atoms with Gasteiger partial charge < -0.3 is 19.4 Å². The Morgan fingerprint density at radius 2 is 2.00 bits per heavy atom. The second-order valence-electron chi connectivity index (χ2n) is 6.45. The van der Waals surface area contributed by atoms with Gasteiger partial charge in [0.25, 0.3) is 0 Å². The molecule has 8 heteroatoms. The van der Waals surface area contributed by atoms with Gasteiger partial charge in [0.2, 0.25) is 5.91 Å². The molecular formula is C16H27N5O3. The molecule has 134 valence electrons. The van der Waals surface area contributed by atoms with Gasteiger partial charge >= 0.3 is 6.03 Å². The minimum Gasteiger partial charge on any atom is -0.378 e. The minimum atomic E-state index is -0.0254. The summed E-state index contributed by atoms with van der Waals surface area (Å²) >= 11 is 0. The molecule has 0 saturated carbocycles. The van der Waals surface area contributed by atoms with E-state index in [0.29, 0.717) is 39.1 Å². The molecule has 24 heavy (non-hydrogen) atoms. The quantitative estimate of drug-likeness (QED) is 0.866. The van der Waals surface area contributed by atoms with Crippen LogP contribution in [0.3, 0.4) is 0 Å². The van der Waals surface area contributed by atoms with E-state index < -0.39 is 0 Å². The second kappa shape index (κ2) is 8.14. The third-order valence-electron chi connectivity index (χ3n) is 4.26. The van der Waals surface area contributed by atoms with E-state index in [1.54, 1.807) is 43.0 Å². The molecule has 2 heterocycles. The summed E-state index contributed by atoms with van der Waals surface area (Å²) in [7, 11) is 6.92. The Balaban J connectivity index is 1.84. The number of nitrogens with one attached hydrogen (secondary N) is 1. The van der Waals surface area contributed by atoms with Gasteiger partial charge in [-0.15, -0.1) is 0 Å². The number of ether oxygens (including phenoxy) is 1. The lowest BCUT2D eigenvalue weighted by molar-refractivity contribution is -0.136. The maximum atomic E-state index is 12.6. The van der Waals surface area contributed by atoms with Crippen LogP contribution in [0, 0.1) is 5.92 Å². The minimum absolute atomic E-state index is 0.0115. The highest BCUT2D eigenvalue weighted by molar-refractivity contribution is 5.79. The van der Waals surface area contributed by atoms with Crippen LogP contribution in [-0.2, 0) is 22.7 Å². The van der Waals surface area contributed by atoms with Crippen molar-refractivity contribution in [2.75, 3.05) is 41.3 Å². The van der Waals surface area contributed by atoms with Crippen molar-refractivity contribution in [2.24, 2.45) is 5.92 Å². The Kier molecular flexibility index (Phi) is 6.19. The van der Waals surface area contributed by atoms with E-state index in [4.69, 9.17) is 4.74 Å². The maximum Gasteiger partial charge on any atom is 0.319 e. The first-order valence-electron chi connectivity index (χ1n) is 8.15. The number of carbonyl (C=O) groups excluding carboxylic acids is 2. The summed E-state index contributed by atoms with van der Waals surface area (Å²) in [6.45, 7) is 2.20. The zero-order valence-corrected chi connectivity index (χ0v) is 14.9. The van der Waals surface area contributed by atoms with Crippen molar-refractivity contribution in [3.63, 3.8) is 0 Å². The number of likely N-dealkylation sites (tertiary alicyclic amines) is 1. The standard InChI is InChI=1S/C16H27N5O3/c1-19(2)16(23)21-7-5-12(6-8-21)15(22)20(3)10-13-9-14(11-24-4)18-17-13/h9,12H,5-8,10-11H2,1-4H3,(H,17,18). The average Bonchev–Trinajstić information content (AvgIpc) is 3.01. The summed E-state index contributed by atoms with van der Waals surface area (Å²) in [4.78, 5) is 29.6. The van der Waals surface area contributed by atoms with Crippen LogP contribution in [0.1, 0.15) is 24.2 Å². The van der Waals surface area contributed by atoms with Gasteiger partial charge in [-0.2, -0.15) is 5.10 Å². The molecule has 1 aromatic rings. The molecule has 1 aliphatic rings.